The van der Waals surface area contributed by atoms with E-state index in [0.29, 0.717) is 5.56 Å². The number of phenolic OH excluding ortho intramolecular Hbond substituents is 1. The minimum atomic E-state index is -2.99. The summed E-state index contributed by atoms with van der Waals surface area (Å²) in [6.45, 7) is -2.99. The van der Waals surface area contributed by atoms with Gasteiger partial charge in [0.05, 0.1) is 18.9 Å². The van der Waals surface area contributed by atoms with E-state index in [2.05, 4.69) is 15.3 Å². The number of para-hydroxylation sites is 1. The largest absolute Gasteiger partial charge is 0.507 e. The van der Waals surface area contributed by atoms with Crippen LogP contribution >= 0.6 is 0 Å². The fourth-order valence-corrected chi connectivity index (χ4v) is 1.85. The Bertz CT molecular complexity index is 751. The number of halogens is 2. The molecule has 6 nitrogen and oxygen atoms in total. The zero-order valence-electron chi connectivity index (χ0n) is 12.6. The molecule has 2 aromatic rings. The lowest BCUT2D eigenvalue weighted by Gasteiger charge is -2.10. The summed E-state index contributed by atoms with van der Waals surface area (Å²) < 4.78 is 34.0. The summed E-state index contributed by atoms with van der Waals surface area (Å²) in [6.07, 6.45) is 1.25. The first-order chi connectivity index (χ1) is 11.5. The molecule has 0 bridgehead atoms. The van der Waals surface area contributed by atoms with E-state index in [1.807, 2.05) is 0 Å². The summed E-state index contributed by atoms with van der Waals surface area (Å²) in [6, 6.07) is 10.3. The first-order valence-corrected chi connectivity index (χ1v) is 6.75. The Morgan fingerprint density at radius 2 is 2.00 bits per heavy atom. The van der Waals surface area contributed by atoms with Crippen molar-refractivity contribution >= 4 is 12.1 Å². The Labute approximate surface area is 136 Å². The summed E-state index contributed by atoms with van der Waals surface area (Å²) in [7, 11) is 1.33. The second kappa shape index (κ2) is 7.91. The normalized spacial score (nSPS) is 10.8. The number of amides is 1. The number of hydrogen-bond acceptors (Lipinski definition) is 5. The Balaban J connectivity index is 2.09. The first-order valence-electron chi connectivity index (χ1n) is 6.75. The Kier molecular flexibility index (Phi) is 5.67. The molecule has 0 atom stereocenters. The highest BCUT2D eigenvalue weighted by atomic mass is 19.3. The maximum atomic E-state index is 12.4. The summed E-state index contributed by atoms with van der Waals surface area (Å²) in [5.74, 6) is -0.793. The van der Waals surface area contributed by atoms with Crippen molar-refractivity contribution in [3.8, 4) is 17.2 Å². The number of phenols is 1. The lowest BCUT2D eigenvalue weighted by molar-refractivity contribution is -0.0512. The molecule has 0 saturated heterocycles. The van der Waals surface area contributed by atoms with Crippen LogP contribution in [0.5, 0.6) is 17.2 Å². The quantitative estimate of drug-likeness (QED) is 0.628. The van der Waals surface area contributed by atoms with Crippen LogP contribution in [0.25, 0.3) is 0 Å². The predicted molar refractivity (Wildman–Crippen MR) is 82.8 cm³/mol. The Morgan fingerprint density at radius 1 is 1.25 bits per heavy atom. The lowest BCUT2D eigenvalue weighted by atomic mass is 10.2. The van der Waals surface area contributed by atoms with Gasteiger partial charge >= 0.3 is 6.61 Å². The zero-order valence-corrected chi connectivity index (χ0v) is 12.6. The van der Waals surface area contributed by atoms with Gasteiger partial charge in [0.2, 0.25) is 0 Å². The van der Waals surface area contributed by atoms with E-state index in [4.69, 9.17) is 4.74 Å². The molecule has 0 spiro atoms. The van der Waals surface area contributed by atoms with Gasteiger partial charge in [0.25, 0.3) is 5.91 Å². The molecule has 126 valence electrons. The van der Waals surface area contributed by atoms with Crippen LogP contribution in [-0.2, 0) is 0 Å². The lowest BCUT2D eigenvalue weighted by Crippen LogP contribution is -2.17. The number of methoxy groups -OCH3 is 1. The number of carbonyl (C=O) groups excluding carboxylic acids is 1. The third kappa shape index (κ3) is 4.42. The molecule has 0 unspecified atom stereocenters. The van der Waals surface area contributed by atoms with Gasteiger partial charge in [-0.15, -0.1) is 0 Å². The number of carbonyl (C=O) groups is 1. The number of nitrogens with zero attached hydrogens (tertiary/aromatic N) is 1. The number of rotatable bonds is 6. The third-order valence-corrected chi connectivity index (χ3v) is 2.93. The molecule has 0 radical (unpaired) electrons. The van der Waals surface area contributed by atoms with Gasteiger partial charge in [0.15, 0.2) is 11.5 Å². The van der Waals surface area contributed by atoms with Gasteiger partial charge in [-0.3, -0.25) is 4.79 Å². The number of nitrogens with one attached hydrogen (secondary N) is 1. The van der Waals surface area contributed by atoms with E-state index in [9.17, 15) is 18.7 Å². The summed E-state index contributed by atoms with van der Waals surface area (Å²) in [4.78, 5) is 11.8. The van der Waals surface area contributed by atoms with Crippen LogP contribution in [0.1, 0.15) is 15.9 Å². The minimum Gasteiger partial charge on any atom is -0.507 e. The van der Waals surface area contributed by atoms with E-state index >= 15 is 0 Å². The monoisotopic (exact) mass is 336 g/mol. The maximum Gasteiger partial charge on any atom is 0.387 e. The van der Waals surface area contributed by atoms with Crippen LogP contribution in [0.2, 0.25) is 0 Å². The van der Waals surface area contributed by atoms with Crippen molar-refractivity contribution in [1.29, 1.82) is 0 Å². The molecule has 8 heteroatoms. The molecule has 0 aromatic heterocycles. The fraction of sp³-hybridized carbons (Fsp3) is 0.125. The average Bonchev–Trinajstić information content (AvgIpc) is 2.55. The van der Waals surface area contributed by atoms with E-state index in [0.717, 1.165) is 0 Å². The van der Waals surface area contributed by atoms with Gasteiger partial charge in [-0.1, -0.05) is 12.1 Å². The van der Waals surface area contributed by atoms with Crippen LogP contribution in [0.3, 0.4) is 0 Å². The van der Waals surface area contributed by atoms with Gasteiger partial charge in [0.1, 0.15) is 5.75 Å². The van der Waals surface area contributed by atoms with Crippen molar-refractivity contribution < 1.29 is 28.2 Å². The van der Waals surface area contributed by atoms with Crippen LogP contribution in [0, 0.1) is 0 Å². The molecule has 1 amide bonds. The van der Waals surface area contributed by atoms with Crippen molar-refractivity contribution in [3.05, 3.63) is 53.6 Å². The van der Waals surface area contributed by atoms with E-state index < -0.39 is 12.5 Å². The highest BCUT2D eigenvalue weighted by molar-refractivity contribution is 5.97. The highest BCUT2D eigenvalue weighted by Gasteiger charge is 2.11. The number of hydrazone groups is 1. The molecular formula is C16H14F2N2O4. The zero-order chi connectivity index (χ0) is 17.5. The standard InChI is InChI=1S/C16H14F2N2O4/c1-23-13-7-6-10(8-14(13)24-16(17)18)9-19-20-15(22)11-4-2-3-5-12(11)21/h2-9,16,21H,1H3,(H,20,22)/b19-9-. The van der Waals surface area contributed by atoms with Crippen molar-refractivity contribution in [2.75, 3.05) is 7.11 Å². The molecule has 0 heterocycles. The fourth-order valence-electron chi connectivity index (χ4n) is 1.85. The first kappa shape index (κ1) is 17.2. The third-order valence-electron chi connectivity index (χ3n) is 2.93. The van der Waals surface area contributed by atoms with Crippen molar-refractivity contribution in [3.63, 3.8) is 0 Å². The van der Waals surface area contributed by atoms with Crippen LogP contribution in [-0.4, -0.2) is 30.9 Å². The number of hydrogen-bond donors (Lipinski definition) is 2. The Hall–Kier alpha value is -3.16. The number of alkyl halides is 2. The van der Waals surface area contributed by atoms with Crippen LogP contribution < -0.4 is 14.9 Å². The van der Waals surface area contributed by atoms with Crippen LogP contribution in [0.15, 0.2) is 47.6 Å². The molecule has 2 rings (SSSR count). The minimum absolute atomic E-state index is 0.0612. The Morgan fingerprint density at radius 3 is 2.67 bits per heavy atom. The molecule has 0 fully saturated rings. The van der Waals surface area contributed by atoms with Crippen molar-refractivity contribution in [2.24, 2.45) is 5.10 Å². The van der Waals surface area contributed by atoms with Gasteiger partial charge in [0, 0.05) is 0 Å². The average molecular weight is 336 g/mol. The van der Waals surface area contributed by atoms with Gasteiger partial charge < -0.3 is 14.6 Å². The summed E-state index contributed by atoms with van der Waals surface area (Å²) >= 11 is 0. The molecule has 0 saturated carbocycles. The van der Waals surface area contributed by atoms with Gasteiger partial charge in [-0.2, -0.15) is 13.9 Å². The van der Waals surface area contributed by atoms with E-state index in [-0.39, 0.29) is 22.8 Å². The molecule has 2 N–H and O–H groups in total. The topological polar surface area (TPSA) is 80.2 Å². The highest BCUT2D eigenvalue weighted by Crippen LogP contribution is 2.28. The molecule has 2 aromatic carbocycles. The van der Waals surface area contributed by atoms with Crippen LogP contribution in [0.4, 0.5) is 8.78 Å². The molecule has 0 aliphatic carbocycles. The number of ether oxygens (including phenoxy) is 2. The predicted octanol–water partition coefficient (Wildman–Crippen LogP) is 2.77. The molecule has 0 aliphatic rings. The van der Waals surface area contributed by atoms with E-state index in [1.165, 1.54) is 37.6 Å². The van der Waals surface area contributed by atoms with Gasteiger partial charge in [-0.25, -0.2) is 5.43 Å². The SMILES string of the molecule is COc1ccc(/C=N\NC(=O)c2ccccc2O)cc1OC(F)F. The summed E-state index contributed by atoms with van der Waals surface area (Å²) in [5.41, 5.74) is 2.70. The van der Waals surface area contributed by atoms with Crippen molar-refractivity contribution in [2.45, 2.75) is 6.61 Å². The second-order valence-corrected chi connectivity index (χ2v) is 4.51. The molecular weight excluding hydrogens is 322 g/mol. The smallest absolute Gasteiger partial charge is 0.387 e. The van der Waals surface area contributed by atoms with Crippen molar-refractivity contribution in [1.82, 2.24) is 5.43 Å². The number of aromatic hydroxyl groups is 1. The molecule has 24 heavy (non-hydrogen) atoms. The van der Waals surface area contributed by atoms with E-state index in [1.54, 1.807) is 18.2 Å². The summed E-state index contributed by atoms with van der Waals surface area (Å²) in [5, 5.41) is 13.3. The second-order valence-electron chi connectivity index (χ2n) is 4.51. The van der Waals surface area contributed by atoms with Gasteiger partial charge in [-0.05, 0) is 35.9 Å². The maximum absolute atomic E-state index is 12.4. The number of benzene rings is 2. The molecule has 0 aliphatic heterocycles.